The highest BCUT2D eigenvalue weighted by Gasteiger charge is 2.07. The summed E-state index contributed by atoms with van der Waals surface area (Å²) >= 11 is 0. The second-order valence-corrected chi connectivity index (χ2v) is 2.80. The fraction of sp³-hybridized carbons (Fsp3) is 0.750. The third-order valence-electron chi connectivity index (χ3n) is 1.09. The number of carbonyl (C=O) groups excluding carboxylic acids is 2. The molecule has 0 aliphatic heterocycles. The molecule has 0 saturated heterocycles. The molecule has 0 fully saturated rings. The average molecular weight is 205 g/mol. The SMILES string of the molecule is COC(=O)COC(=O)CONC(C)C. The average Bonchev–Trinajstić information content (AvgIpc) is 2.13. The second kappa shape index (κ2) is 7.28. The van der Waals surface area contributed by atoms with Crippen molar-refractivity contribution in [3.05, 3.63) is 0 Å². The lowest BCUT2D eigenvalue weighted by molar-refractivity contribution is -0.162. The van der Waals surface area contributed by atoms with Crippen LogP contribution in [0.1, 0.15) is 13.8 Å². The summed E-state index contributed by atoms with van der Waals surface area (Å²) in [4.78, 5) is 26.1. The Balaban J connectivity index is 3.42. The zero-order valence-electron chi connectivity index (χ0n) is 8.53. The van der Waals surface area contributed by atoms with Crippen molar-refractivity contribution in [3.63, 3.8) is 0 Å². The fourth-order valence-corrected chi connectivity index (χ4v) is 0.507. The standard InChI is InChI=1S/C8H15NO5/c1-6(2)9-14-5-8(11)13-4-7(10)12-3/h6,9H,4-5H2,1-3H3. The quantitative estimate of drug-likeness (QED) is 0.471. The molecule has 0 spiro atoms. The number of hydrogen-bond acceptors (Lipinski definition) is 6. The van der Waals surface area contributed by atoms with Crippen LogP contribution in [0.4, 0.5) is 0 Å². The van der Waals surface area contributed by atoms with Crippen molar-refractivity contribution in [1.82, 2.24) is 5.48 Å². The van der Waals surface area contributed by atoms with Gasteiger partial charge in [0.15, 0.2) is 13.2 Å². The minimum absolute atomic E-state index is 0.114. The number of hydrogen-bond donors (Lipinski definition) is 1. The third kappa shape index (κ3) is 7.51. The van der Waals surface area contributed by atoms with E-state index in [9.17, 15) is 9.59 Å². The van der Waals surface area contributed by atoms with Gasteiger partial charge in [-0.15, -0.1) is 0 Å². The molecule has 0 aromatic heterocycles. The summed E-state index contributed by atoms with van der Waals surface area (Å²) in [6, 6.07) is 0.114. The van der Waals surface area contributed by atoms with E-state index >= 15 is 0 Å². The van der Waals surface area contributed by atoms with E-state index in [0.29, 0.717) is 0 Å². The van der Waals surface area contributed by atoms with Crippen LogP contribution in [0, 0.1) is 0 Å². The number of methoxy groups -OCH3 is 1. The van der Waals surface area contributed by atoms with Gasteiger partial charge in [0.1, 0.15) is 0 Å². The van der Waals surface area contributed by atoms with Crippen molar-refractivity contribution in [2.75, 3.05) is 20.3 Å². The molecule has 0 aromatic carbocycles. The van der Waals surface area contributed by atoms with Crippen molar-refractivity contribution in [1.29, 1.82) is 0 Å². The van der Waals surface area contributed by atoms with Gasteiger partial charge in [-0.1, -0.05) is 0 Å². The van der Waals surface area contributed by atoms with Crippen molar-refractivity contribution in [2.45, 2.75) is 19.9 Å². The molecule has 0 aliphatic rings. The van der Waals surface area contributed by atoms with Gasteiger partial charge in [-0.2, -0.15) is 5.48 Å². The van der Waals surface area contributed by atoms with Crippen LogP contribution in [0.15, 0.2) is 0 Å². The van der Waals surface area contributed by atoms with Crippen molar-refractivity contribution < 1.29 is 23.9 Å². The highest BCUT2D eigenvalue weighted by atomic mass is 16.7. The van der Waals surface area contributed by atoms with Gasteiger partial charge in [-0.05, 0) is 13.8 Å². The number of rotatable bonds is 6. The lowest BCUT2D eigenvalue weighted by Crippen LogP contribution is -2.27. The molecule has 0 aliphatic carbocycles. The number of ether oxygens (including phenoxy) is 2. The summed E-state index contributed by atoms with van der Waals surface area (Å²) in [6.45, 7) is 3.09. The summed E-state index contributed by atoms with van der Waals surface area (Å²) in [5, 5.41) is 0. The molecular weight excluding hydrogens is 190 g/mol. The molecule has 0 atom stereocenters. The van der Waals surface area contributed by atoms with E-state index in [1.165, 1.54) is 7.11 Å². The lowest BCUT2D eigenvalue weighted by atomic mass is 10.4. The molecule has 0 unspecified atom stereocenters. The largest absolute Gasteiger partial charge is 0.466 e. The number of carbonyl (C=O) groups is 2. The van der Waals surface area contributed by atoms with E-state index in [0.717, 1.165) is 0 Å². The number of nitrogens with one attached hydrogen (secondary N) is 1. The van der Waals surface area contributed by atoms with Gasteiger partial charge in [-0.3, -0.25) is 4.84 Å². The first-order valence-electron chi connectivity index (χ1n) is 4.16. The first-order valence-corrected chi connectivity index (χ1v) is 4.16. The van der Waals surface area contributed by atoms with Gasteiger partial charge in [-0.25, -0.2) is 9.59 Å². The van der Waals surface area contributed by atoms with Gasteiger partial charge in [0.2, 0.25) is 0 Å². The third-order valence-corrected chi connectivity index (χ3v) is 1.09. The topological polar surface area (TPSA) is 73.9 Å². The van der Waals surface area contributed by atoms with Gasteiger partial charge in [0.25, 0.3) is 0 Å². The maximum atomic E-state index is 10.8. The van der Waals surface area contributed by atoms with Gasteiger partial charge in [0.05, 0.1) is 7.11 Å². The second-order valence-electron chi connectivity index (χ2n) is 2.80. The first kappa shape index (κ1) is 12.9. The van der Waals surface area contributed by atoms with E-state index in [4.69, 9.17) is 4.84 Å². The van der Waals surface area contributed by atoms with Gasteiger partial charge < -0.3 is 9.47 Å². The zero-order chi connectivity index (χ0) is 11.0. The van der Waals surface area contributed by atoms with E-state index in [1.54, 1.807) is 0 Å². The summed E-state index contributed by atoms with van der Waals surface area (Å²) in [5.41, 5.74) is 2.56. The highest BCUT2D eigenvalue weighted by molar-refractivity contribution is 5.76. The van der Waals surface area contributed by atoms with E-state index < -0.39 is 11.9 Å². The number of esters is 2. The Bertz CT molecular complexity index is 192. The Hall–Kier alpha value is -1.14. The van der Waals surface area contributed by atoms with Crippen LogP contribution >= 0.6 is 0 Å². The Morgan fingerprint density at radius 3 is 2.36 bits per heavy atom. The predicted molar refractivity (Wildman–Crippen MR) is 47.2 cm³/mol. The van der Waals surface area contributed by atoms with Crippen LogP contribution in [0.5, 0.6) is 0 Å². The Morgan fingerprint density at radius 1 is 1.21 bits per heavy atom. The summed E-state index contributed by atoms with van der Waals surface area (Å²) in [7, 11) is 1.22. The zero-order valence-corrected chi connectivity index (χ0v) is 8.53. The molecule has 0 heterocycles. The molecule has 0 radical (unpaired) electrons. The first-order chi connectivity index (χ1) is 6.56. The van der Waals surface area contributed by atoms with Crippen LogP contribution in [0.2, 0.25) is 0 Å². The molecule has 0 amide bonds. The fourth-order valence-electron chi connectivity index (χ4n) is 0.507. The normalized spacial score (nSPS) is 10.0. The summed E-state index contributed by atoms with van der Waals surface area (Å²) < 4.78 is 8.77. The van der Waals surface area contributed by atoms with E-state index in [-0.39, 0.29) is 19.3 Å². The molecule has 0 saturated carbocycles. The minimum atomic E-state index is -0.622. The van der Waals surface area contributed by atoms with Crippen molar-refractivity contribution >= 4 is 11.9 Å². The van der Waals surface area contributed by atoms with E-state index in [2.05, 4.69) is 15.0 Å². The molecule has 1 N–H and O–H groups in total. The molecule has 14 heavy (non-hydrogen) atoms. The Labute approximate surface area is 82.5 Å². The maximum absolute atomic E-state index is 10.8. The van der Waals surface area contributed by atoms with Crippen molar-refractivity contribution in [2.24, 2.45) is 0 Å². The molecular formula is C8H15NO5. The monoisotopic (exact) mass is 205 g/mol. The summed E-state index contributed by atoms with van der Waals surface area (Å²) in [5.74, 6) is -1.22. The van der Waals surface area contributed by atoms with Gasteiger partial charge in [0, 0.05) is 6.04 Å². The molecule has 6 heteroatoms. The van der Waals surface area contributed by atoms with Crippen LogP contribution in [-0.2, 0) is 23.9 Å². The predicted octanol–water partition coefficient (Wildman–Crippen LogP) is -0.368. The summed E-state index contributed by atoms with van der Waals surface area (Å²) in [6.07, 6.45) is 0. The molecule has 0 rings (SSSR count). The van der Waals surface area contributed by atoms with Crippen LogP contribution in [0.25, 0.3) is 0 Å². The van der Waals surface area contributed by atoms with Crippen LogP contribution < -0.4 is 5.48 Å². The van der Waals surface area contributed by atoms with Crippen LogP contribution in [0.3, 0.4) is 0 Å². The maximum Gasteiger partial charge on any atom is 0.344 e. The smallest absolute Gasteiger partial charge is 0.344 e. The number of hydroxylamine groups is 1. The molecule has 0 bridgehead atoms. The lowest BCUT2D eigenvalue weighted by Gasteiger charge is -2.07. The van der Waals surface area contributed by atoms with Gasteiger partial charge >= 0.3 is 11.9 Å². The Morgan fingerprint density at radius 2 is 1.86 bits per heavy atom. The Kier molecular flexibility index (Phi) is 6.69. The van der Waals surface area contributed by atoms with Crippen molar-refractivity contribution in [3.8, 4) is 0 Å². The molecule has 0 aromatic rings. The highest BCUT2D eigenvalue weighted by Crippen LogP contribution is 1.83. The van der Waals surface area contributed by atoms with Crippen LogP contribution in [-0.4, -0.2) is 38.3 Å². The van der Waals surface area contributed by atoms with E-state index in [1.807, 2.05) is 13.8 Å². The molecule has 6 nitrogen and oxygen atoms in total. The minimum Gasteiger partial charge on any atom is -0.466 e. The molecule has 82 valence electrons.